The summed E-state index contributed by atoms with van der Waals surface area (Å²) in [6.45, 7) is 3.98. The number of nitrogens with zero attached hydrogens (tertiary/aromatic N) is 1. The van der Waals surface area contributed by atoms with Gasteiger partial charge in [-0.1, -0.05) is 13.8 Å². The van der Waals surface area contributed by atoms with E-state index < -0.39 is 11.6 Å². The Kier molecular flexibility index (Phi) is 3.46. The molecule has 0 saturated heterocycles. The lowest BCUT2D eigenvalue weighted by atomic mass is 9.64. The molecule has 0 aliphatic heterocycles. The van der Waals surface area contributed by atoms with E-state index in [1.807, 2.05) is 13.8 Å². The molecule has 1 aliphatic rings. The molecule has 3 nitrogen and oxygen atoms in total. The number of ether oxygens (including phenoxy) is 1. The van der Waals surface area contributed by atoms with Gasteiger partial charge in [-0.15, -0.1) is 0 Å². The first-order valence-electron chi connectivity index (χ1n) is 6.08. The van der Waals surface area contributed by atoms with Gasteiger partial charge >= 0.3 is 0 Å². The van der Waals surface area contributed by atoms with Gasteiger partial charge in [0.2, 0.25) is 0 Å². The molecule has 19 heavy (non-hydrogen) atoms. The smallest absolute Gasteiger partial charge is 0.150 e. The second-order valence-corrected chi connectivity index (χ2v) is 5.41. The number of methoxy groups -OCH3 is 1. The molecule has 0 bridgehead atoms. The topological polar surface area (TPSA) is 45.0 Å². The number of rotatable bonds is 3. The molecule has 102 valence electrons. The quantitative estimate of drug-likeness (QED) is 0.914. The molecule has 1 fully saturated rings. The lowest BCUT2D eigenvalue weighted by molar-refractivity contribution is -0.0796. The molecule has 1 aromatic carbocycles. The van der Waals surface area contributed by atoms with Crippen molar-refractivity contribution in [3.05, 3.63) is 29.3 Å². The van der Waals surface area contributed by atoms with Crippen molar-refractivity contribution in [2.24, 2.45) is 5.41 Å². The number of halogens is 2. The summed E-state index contributed by atoms with van der Waals surface area (Å²) in [6.07, 6.45) is 0.775. The minimum absolute atomic E-state index is 0.0248. The Morgan fingerprint density at radius 2 is 1.95 bits per heavy atom. The Labute approximate surface area is 111 Å². The summed E-state index contributed by atoms with van der Waals surface area (Å²) in [7, 11) is 1.63. The summed E-state index contributed by atoms with van der Waals surface area (Å²) in [5.74, 6) is -1.48. The van der Waals surface area contributed by atoms with Gasteiger partial charge in [0.25, 0.3) is 0 Å². The average Bonchev–Trinajstić information content (AvgIpc) is 2.35. The fourth-order valence-corrected chi connectivity index (χ4v) is 2.48. The van der Waals surface area contributed by atoms with Crippen molar-refractivity contribution in [1.82, 2.24) is 0 Å². The van der Waals surface area contributed by atoms with Gasteiger partial charge < -0.3 is 10.1 Å². The van der Waals surface area contributed by atoms with E-state index in [1.54, 1.807) is 13.2 Å². The first-order valence-corrected chi connectivity index (χ1v) is 6.08. The van der Waals surface area contributed by atoms with Crippen molar-refractivity contribution in [1.29, 1.82) is 5.26 Å². The van der Waals surface area contributed by atoms with Crippen molar-refractivity contribution in [3.63, 3.8) is 0 Å². The monoisotopic (exact) mass is 266 g/mol. The van der Waals surface area contributed by atoms with Crippen LogP contribution in [0.4, 0.5) is 14.5 Å². The summed E-state index contributed by atoms with van der Waals surface area (Å²) >= 11 is 0. The molecule has 2 atom stereocenters. The van der Waals surface area contributed by atoms with Gasteiger partial charge in [-0.25, -0.2) is 8.78 Å². The maximum Gasteiger partial charge on any atom is 0.150 e. The van der Waals surface area contributed by atoms with Gasteiger partial charge in [-0.05, 0) is 18.6 Å². The number of hydrogen-bond acceptors (Lipinski definition) is 3. The van der Waals surface area contributed by atoms with Gasteiger partial charge in [-0.3, -0.25) is 0 Å². The average molecular weight is 266 g/mol. The number of nitrogens with one attached hydrogen (secondary N) is 1. The van der Waals surface area contributed by atoms with Crippen LogP contribution in [0.25, 0.3) is 0 Å². The van der Waals surface area contributed by atoms with E-state index in [4.69, 9.17) is 10.00 Å². The zero-order valence-corrected chi connectivity index (χ0v) is 11.1. The zero-order chi connectivity index (χ0) is 14.2. The van der Waals surface area contributed by atoms with Crippen LogP contribution in [-0.4, -0.2) is 19.3 Å². The summed E-state index contributed by atoms with van der Waals surface area (Å²) < 4.78 is 32.8. The minimum atomic E-state index is -0.742. The molecule has 1 N–H and O–H groups in total. The normalized spacial score (nSPS) is 24.4. The Hall–Kier alpha value is -1.67. The van der Waals surface area contributed by atoms with Crippen molar-refractivity contribution >= 4 is 5.69 Å². The lowest BCUT2D eigenvalue weighted by Crippen LogP contribution is -2.57. The molecule has 0 spiro atoms. The highest BCUT2D eigenvalue weighted by atomic mass is 19.1. The van der Waals surface area contributed by atoms with Crippen LogP contribution in [0.3, 0.4) is 0 Å². The van der Waals surface area contributed by atoms with Gasteiger partial charge in [0.1, 0.15) is 5.69 Å². The Morgan fingerprint density at radius 3 is 2.37 bits per heavy atom. The third-order valence-corrected chi connectivity index (χ3v) is 3.95. The molecular weight excluding hydrogens is 250 g/mol. The zero-order valence-electron chi connectivity index (χ0n) is 11.1. The van der Waals surface area contributed by atoms with Crippen molar-refractivity contribution in [2.75, 3.05) is 12.4 Å². The lowest BCUT2D eigenvalue weighted by Gasteiger charge is -2.51. The Bertz CT molecular complexity index is 514. The maximum absolute atomic E-state index is 13.8. The SMILES string of the molecule is COC1CC(Nc2c(F)cc(C#N)cc2F)C1(C)C. The third kappa shape index (κ3) is 2.28. The summed E-state index contributed by atoms with van der Waals surface area (Å²) in [5, 5.41) is 11.5. The van der Waals surface area contributed by atoms with E-state index >= 15 is 0 Å². The van der Waals surface area contributed by atoms with Crippen molar-refractivity contribution in [3.8, 4) is 6.07 Å². The van der Waals surface area contributed by atoms with E-state index in [-0.39, 0.29) is 28.8 Å². The standard InChI is InChI=1S/C14H16F2N2O/c1-14(2)11(6-12(14)19-3)18-13-9(15)4-8(7-17)5-10(13)16/h4-5,11-12,18H,6H2,1-3H3. The molecular formula is C14H16F2N2O. The molecule has 1 aliphatic carbocycles. The van der Waals surface area contributed by atoms with Crippen LogP contribution in [0, 0.1) is 28.4 Å². The molecule has 2 rings (SSSR count). The third-order valence-electron chi connectivity index (χ3n) is 3.95. The molecule has 0 heterocycles. The maximum atomic E-state index is 13.8. The largest absolute Gasteiger partial charge is 0.381 e. The molecule has 2 unspecified atom stereocenters. The fraction of sp³-hybridized carbons (Fsp3) is 0.500. The first-order chi connectivity index (χ1) is 8.90. The highest BCUT2D eigenvalue weighted by Crippen LogP contribution is 2.44. The van der Waals surface area contributed by atoms with E-state index in [1.165, 1.54) is 0 Å². The number of hydrogen-bond donors (Lipinski definition) is 1. The van der Waals surface area contributed by atoms with Crippen LogP contribution < -0.4 is 5.32 Å². The molecule has 0 amide bonds. The summed E-state index contributed by atoms with van der Waals surface area (Å²) in [5.41, 5.74) is -0.392. The van der Waals surface area contributed by atoms with E-state index in [0.29, 0.717) is 6.42 Å². The molecule has 1 aromatic rings. The van der Waals surface area contributed by atoms with Crippen LogP contribution in [0.15, 0.2) is 12.1 Å². The minimum Gasteiger partial charge on any atom is -0.381 e. The van der Waals surface area contributed by atoms with Crippen molar-refractivity contribution < 1.29 is 13.5 Å². The number of anilines is 1. The van der Waals surface area contributed by atoms with Gasteiger partial charge in [0.05, 0.1) is 17.7 Å². The summed E-state index contributed by atoms with van der Waals surface area (Å²) in [6, 6.07) is 3.73. The molecule has 1 saturated carbocycles. The van der Waals surface area contributed by atoms with E-state index in [9.17, 15) is 8.78 Å². The van der Waals surface area contributed by atoms with Crippen LogP contribution in [0.5, 0.6) is 0 Å². The van der Waals surface area contributed by atoms with Crippen LogP contribution >= 0.6 is 0 Å². The fourth-order valence-electron chi connectivity index (χ4n) is 2.48. The van der Waals surface area contributed by atoms with Gasteiger partial charge in [0, 0.05) is 18.6 Å². The Morgan fingerprint density at radius 1 is 1.37 bits per heavy atom. The summed E-state index contributed by atoms with van der Waals surface area (Å²) in [4.78, 5) is 0. The first kappa shape index (κ1) is 13.8. The molecule has 0 radical (unpaired) electrons. The predicted molar refractivity (Wildman–Crippen MR) is 67.7 cm³/mol. The molecule has 5 heteroatoms. The second kappa shape index (κ2) is 4.78. The number of benzene rings is 1. The Balaban J connectivity index is 2.20. The van der Waals surface area contributed by atoms with Gasteiger partial charge in [0.15, 0.2) is 11.6 Å². The second-order valence-electron chi connectivity index (χ2n) is 5.41. The van der Waals surface area contributed by atoms with Crippen molar-refractivity contribution in [2.45, 2.75) is 32.4 Å². The van der Waals surface area contributed by atoms with Crippen LogP contribution in [-0.2, 0) is 4.74 Å². The van der Waals surface area contributed by atoms with Crippen LogP contribution in [0.2, 0.25) is 0 Å². The van der Waals surface area contributed by atoms with Gasteiger partial charge in [-0.2, -0.15) is 5.26 Å². The van der Waals surface area contributed by atoms with E-state index in [0.717, 1.165) is 12.1 Å². The highest BCUT2D eigenvalue weighted by molar-refractivity contribution is 5.51. The van der Waals surface area contributed by atoms with Crippen LogP contribution in [0.1, 0.15) is 25.8 Å². The van der Waals surface area contributed by atoms with E-state index in [2.05, 4.69) is 5.32 Å². The highest BCUT2D eigenvalue weighted by Gasteiger charge is 2.48. The molecule has 0 aromatic heterocycles. The predicted octanol–water partition coefficient (Wildman–Crippen LogP) is 3.06. The number of nitriles is 1.